The predicted molar refractivity (Wildman–Crippen MR) is 93.5 cm³/mol. The number of nitrogens with zero attached hydrogens (tertiary/aromatic N) is 2. The third kappa shape index (κ3) is 3.58. The third-order valence-corrected chi connectivity index (χ3v) is 3.45. The van der Waals surface area contributed by atoms with Crippen molar-refractivity contribution in [3.05, 3.63) is 53.7 Å². The molecule has 0 saturated heterocycles. The van der Waals surface area contributed by atoms with E-state index in [4.69, 9.17) is 5.21 Å². The van der Waals surface area contributed by atoms with Crippen molar-refractivity contribution in [2.45, 2.75) is 13.8 Å². The maximum absolute atomic E-state index is 12.1. The molecule has 0 atom stereocenters. The molecule has 1 aromatic heterocycles. The lowest BCUT2D eigenvalue weighted by Gasteiger charge is -2.09. The lowest BCUT2D eigenvalue weighted by molar-refractivity contribution is 0.262. The van der Waals surface area contributed by atoms with Crippen molar-refractivity contribution in [3.8, 4) is 0 Å². The summed E-state index contributed by atoms with van der Waals surface area (Å²) < 4.78 is 0. The van der Waals surface area contributed by atoms with Crippen molar-refractivity contribution in [2.75, 3.05) is 16.1 Å². The Balaban J connectivity index is 1.75. The zero-order valence-electron chi connectivity index (χ0n) is 13.3. The molecule has 1 heterocycles. The fourth-order valence-electron chi connectivity index (χ4n) is 2.39. The number of benzene rings is 2. The first-order valence-corrected chi connectivity index (χ1v) is 7.38. The Bertz CT molecular complexity index is 911. The van der Waals surface area contributed by atoms with Crippen molar-refractivity contribution in [3.63, 3.8) is 0 Å². The number of hydrogen-bond acceptors (Lipinski definition) is 5. The standard InChI is InChI=1S/C17H17N5O2/c1-10-3-4-13-9-14(6-5-12(13)7-10)19-17(23)21-16-18-11(2)8-15(20-16)22-24/h3-9,24H,1-2H3,(H3,18,19,20,21,22,23). The van der Waals surface area contributed by atoms with Crippen molar-refractivity contribution >= 4 is 34.3 Å². The second kappa shape index (κ2) is 6.51. The van der Waals surface area contributed by atoms with Crippen LogP contribution in [-0.2, 0) is 0 Å². The Hall–Kier alpha value is -3.19. The summed E-state index contributed by atoms with van der Waals surface area (Å²) >= 11 is 0. The van der Waals surface area contributed by atoms with E-state index >= 15 is 0 Å². The number of aryl methyl sites for hydroxylation is 2. The van der Waals surface area contributed by atoms with Gasteiger partial charge in [0.25, 0.3) is 0 Å². The van der Waals surface area contributed by atoms with E-state index in [0.29, 0.717) is 11.4 Å². The van der Waals surface area contributed by atoms with Crippen molar-refractivity contribution in [1.29, 1.82) is 0 Å². The zero-order chi connectivity index (χ0) is 17.1. The Morgan fingerprint density at radius 2 is 1.71 bits per heavy atom. The Labute approximate surface area is 138 Å². The molecule has 0 aliphatic heterocycles. The van der Waals surface area contributed by atoms with E-state index in [9.17, 15) is 4.79 Å². The molecule has 0 spiro atoms. The van der Waals surface area contributed by atoms with E-state index < -0.39 is 6.03 Å². The van der Waals surface area contributed by atoms with Crippen molar-refractivity contribution in [1.82, 2.24) is 9.97 Å². The molecule has 122 valence electrons. The van der Waals surface area contributed by atoms with Gasteiger partial charge in [-0.05, 0) is 36.8 Å². The van der Waals surface area contributed by atoms with Crippen LogP contribution in [0.15, 0.2) is 42.5 Å². The topological polar surface area (TPSA) is 99.2 Å². The van der Waals surface area contributed by atoms with Crippen LogP contribution >= 0.6 is 0 Å². The summed E-state index contributed by atoms with van der Waals surface area (Å²) in [5, 5.41) is 16.3. The van der Waals surface area contributed by atoms with Gasteiger partial charge in [0.2, 0.25) is 5.95 Å². The number of urea groups is 1. The second-order valence-corrected chi connectivity index (χ2v) is 5.47. The van der Waals surface area contributed by atoms with Crippen LogP contribution < -0.4 is 16.1 Å². The highest BCUT2D eigenvalue weighted by Gasteiger charge is 2.07. The highest BCUT2D eigenvalue weighted by Crippen LogP contribution is 2.20. The molecular formula is C17H17N5O2. The summed E-state index contributed by atoms with van der Waals surface area (Å²) in [6, 6.07) is 12.9. The van der Waals surface area contributed by atoms with E-state index in [2.05, 4.69) is 26.7 Å². The minimum absolute atomic E-state index is 0.0977. The van der Waals surface area contributed by atoms with Crippen LogP contribution in [0.25, 0.3) is 10.8 Å². The highest BCUT2D eigenvalue weighted by atomic mass is 16.5. The number of carbonyl (C=O) groups excluding carboxylic acids is 1. The van der Waals surface area contributed by atoms with Gasteiger partial charge in [0.1, 0.15) is 0 Å². The molecule has 4 N–H and O–H groups in total. The van der Waals surface area contributed by atoms with E-state index in [1.165, 1.54) is 5.56 Å². The normalized spacial score (nSPS) is 10.5. The minimum atomic E-state index is -0.462. The van der Waals surface area contributed by atoms with Crippen molar-refractivity contribution < 1.29 is 10.0 Å². The van der Waals surface area contributed by atoms with Crippen LogP contribution in [0.2, 0.25) is 0 Å². The highest BCUT2D eigenvalue weighted by molar-refractivity contribution is 6.00. The van der Waals surface area contributed by atoms with Crippen LogP contribution in [-0.4, -0.2) is 21.2 Å². The number of aromatic nitrogens is 2. The summed E-state index contributed by atoms with van der Waals surface area (Å²) in [5.74, 6) is 0.305. The molecule has 0 bridgehead atoms. The van der Waals surface area contributed by atoms with Crippen LogP contribution in [0.1, 0.15) is 11.3 Å². The molecule has 0 saturated carbocycles. The smallest absolute Gasteiger partial charge is 0.308 e. The van der Waals surface area contributed by atoms with E-state index in [0.717, 1.165) is 10.8 Å². The number of carbonyl (C=O) groups is 1. The van der Waals surface area contributed by atoms with E-state index in [1.54, 1.807) is 13.0 Å². The van der Waals surface area contributed by atoms with Gasteiger partial charge < -0.3 is 5.32 Å². The summed E-state index contributed by atoms with van der Waals surface area (Å²) in [7, 11) is 0. The number of amides is 2. The van der Waals surface area contributed by atoms with Crippen LogP contribution in [0, 0.1) is 13.8 Å². The van der Waals surface area contributed by atoms with Gasteiger partial charge >= 0.3 is 6.03 Å². The van der Waals surface area contributed by atoms with Crippen LogP contribution in [0.4, 0.5) is 22.2 Å². The molecule has 7 heteroatoms. The minimum Gasteiger partial charge on any atom is -0.308 e. The van der Waals surface area contributed by atoms with Gasteiger partial charge in [-0.25, -0.2) is 9.78 Å². The summed E-state index contributed by atoms with van der Waals surface area (Å²) in [6.07, 6.45) is 0. The first-order chi connectivity index (χ1) is 11.5. The fraction of sp³-hybridized carbons (Fsp3) is 0.118. The van der Waals surface area contributed by atoms with E-state index in [1.807, 2.05) is 42.7 Å². The van der Waals surface area contributed by atoms with E-state index in [-0.39, 0.29) is 11.8 Å². The molecule has 2 amide bonds. The second-order valence-electron chi connectivity index (χ2n) is 5.47. The van der Waals surface area contributed by atoms with Gasteiger partial charge in [0.05, 0.1) is 0 Å². The number of rotatable bonds is 3. The Kier molecular flexibility index (Phi) is 4.26. The molecule has 7 nitrogen and oxygen atoms in total. The summed E-state index contributed by atoms with van der Waals surface area (Å²) in [5.41, 5.74) is 4.39. The van der Waals surface area contributed by atoms with Crippen molar-refractivity contribution in [2.24, 2.45) is 0 Å². The SMILES string of the molecule is Cc1ccc2cc(NC(=O)Nc3nc(C)cc(NO)n3)ccc2c1. The van der Waals surface area contributed by atoms with Gasteiger partial charge in [0, 0.05) is 17.4 Å². The lowest BCUT2D eigenvalue weighted by Crippen LogP contribution is -2.21. The average Bonchev–Trinajstić information content (AvgIpc) is 2.54. The van der Waals surface area contributed by atoms with Gasteiger partial charge in [0.15, 0.2) is 5.82 Å². The molecule has 3 rings (SSSR count). The number of anilines is 3. The Morgan fingerprint density at radius 3 is 2.50 bits per heavy atom. The molecule has 0 fully saturated rings. The largest absolute Gasteiger partial charge is 0.326 e. The Morgan fingerprint density at radius 1 is 0.958 bits per heavy atom. The van der Waals surface area contributed by atoms with Gasteiger partial charge in [-0.1, -0.05) is 29.8 Å². The molecule has 0 aliphatic carbocycles. The summed E-state index contributed by atoms with van der Waals surface area (Å²) in [4.78, 5) is 20.1. The molecule has 24 heavy (non-hydrogen) atoms. The molecule has 0 unspecified atom stereocenters. The monoisotopic (exact) mass is 323 g/mol. The van der Waals surface area contributed by atoms with Crippen LogP contribution in [0.3, 0.4) is 0 Å². The predicted octanol–water partition coefficient (Wildman–Crippen LogP) is 3.69. The van der Waals surface area contributed by atoms with Gasteiger partial charge in [-0.2, -0.15) is 4.98 Å². The van der Waals surface area contributed by atoms with Crippen LogP contribution in [0.5, 0.6) is 0 Å². The first kappa shape index (κ1) is 15.7. The zero-order valence-corrected chi connectivity index (χ0v) is 13.3. The van der Waals surface area contributed by atoms with Gasteiger partial charge in [-0.15, -0.1) is 0 Å². The summed E-state index contributed by atoms with van der Waals surface area (Å²) in [6.45, 7) is 3.77. The first-order valence-electron chi connectivity index (χ1n) is 7.38. The van der Waals surface area contributed by atoms with Gasteiger partial charge in [-0.3, -0.25) is 16.0 Å². The number of fused-ring (bicyclic) bond motifs is 1. The number of nitrogens with one attached hydrogen (secondary N) is 3. The maximum Gasteiger partial charge on any atom is 0.326 e. The third-order valence-electron chi connectivity index (χ3n) is 3.45. The number of hydrogen-bond donors (Lipinski definition) is 4. The molecular weight excluding hydrogens is 306 g/mol. The molecule has 3 aromatic rings. The quantitative estimate of drug-likeness (QED) is 0.551. The molecule has 0 radical (unpaired) electrons. The average molecular weight is 323 g/mol. The maximum atomic E-state index is 12.1. The molecule has 0 aliphatic rings. The lowest BCUT2D eigenvalue weighted by atomic mass is 10.1. The fourth-order valence-corrected chi connectivity index (χ4v) is 2.39. The molecule has 2 aromatic carbocycles.